The van der Waals surface area contributed by atoms with Gasteiger partial charge in [-0.1, -0.05) is 17.8 Å². The molecule has 0 fully saturated rings. The van der Waals surface area contributed by atoms with Gasteiger partial charge in [-0.2, -0.15) is 4.68 Å². The van der Waals surface area contributed by atoms with Crippen molar-refractivity contribution in [3.63, 3.8) is 0 Å². The van der Waals surface area contributed by atoms with Crippen molar-refractivity contribution in [3.8, 4) is 5.69 Å². The first kappa shape index (κ1) is 26.5. The van der Waals surface area contributed by atoms with Gasteiger partial charge < -0.3 is 9.11 Å². The second kappa shape index (κ2) is 11.5. The van der Waals surface area contributed by atoms with Crippen LogP contribution in [-0.4, -0.2) is 57.7 Å². The number of nitrogens with zero attached hydrogens (tertiary/aromatic N) is 4. The van der Waals surface area contributed by atoms with E-state index in [1.54, 1.807) is 6.07 Å². The Balaban J connectivity index is 0.00000312. The Morgan fingerprint density at radius 1 is 1.08 bits per heavy atom. The first-order valence-corrected chi connectivity index (χ1v) is 10.5. The van der Waals surface area contributed by atoms with Crippen LogP contribution in [0.2, 0.25) is 0 Å². The van der Waals surface area contributed by atoms with Gasteiger partial charge in [-0.25, -0.2) is 16.8 Å². The zero-order chi connectivity index (χ0) is 17.8. The van der Waals surface area contributed by atoms with Crippen LogP contribution in [0.15, 0.2) is 34.3 Å². The molecule has 1 aromatic heterocycles. The van der Waals surface area contributed by atoms with E-state index in [0.29, 0.717) is 23.0 Å². The summed E-state index contributed by atoms with van der Waals surface area (Å²) in [6, 6.07) is 5.27. The van der Waals surface area contributed by atoms with Gasteiger partial charge in [0.15, 0.2) is 0 Å². The minimum Gasteiger partial charge on any atom is -0.748 e. The molecule has 1 aromatic carbocycles. The second-order valence-electron chi connectivity index (χ2n) is 4.64. The third-order valence-corrected chi connectivity index (χ3v) is 5.44. The molecular weight excluding hydrogens is 426 g/mol. The van der Waals surface area contributed by atoms with Crippen LogP contribution in [0.4, 0.5) is 0 Å². The van der Waals surface area contributed by atoms with Gasteiger partial charge in [-0.3, -0.25) is 0 Å². The molecule has 0 aliphatic rings. The Bertz CT molecular complexity index is 920. The molecule has 26 heavy (non-hydrogen) atoms. The summed E-state index contributed by atoms with van der Waals surface area (Å²) in [6.45, 7) is 0. The molecule has 10 nitrogen and oxygen atoms in total. The van der Waals surface area contributed by atoms with Crippen LogP contribution in [0.1, 0.15) is 12.8 Å². The molecule has 0 unspecified atom stereocenters. The summed E-state index contributed by atoms with van der Waals surface area (Å²) in [5.74, 6) is 0.0390. The molecule has 2 rings (SSSR count). The van der Waals surface area contributed by atoms with E-state index in [1.807, 2.05) is 0 Å². The van der Waals surface area contributed by atoms with Gasteiger partial charge in [-0.05, 0) is 41.5 Å². The molecule has 0 N–H and O–H groups in total. The van der Waals surface area contributed by atoms with Crippen LogP contribution in [0.25, 0.3) is 5.69 Å². The van der Waals surface area contributed by atoms with Crippen molar-refractivity contribution in [3.05, 3.63) is 24.3 Å². The average Bonchev–Trinajstić information content (AvgIpc) is 2.93. The van der Waals surface area contributed by atoms with E-state index < -0.39 is 30.9 Å². The largest absolute Gasteiger partial charge is 1.00 e. The SMILES string of the molecule is O=S(=O)([O-])CCCCSc1nnnn1-c1cccc(S(=O)(=O)[O-])c1.[Na+].[Na+]. The fourth-order valence-corrected chi connectivity index (χ4v) is 3.70. The molecular formula is C11H12N4Na2O6S3. The molecule has 0 spiro atoms. The number of aromatic nitrogens is 4. The van der Waals surface area contributed by atoms with Gasteiger partial charge in [0, 0.05) is 11.5 Å². The van der Waals surface area contributed by atoms with Gasteiger partial charge in [0.25, 0.3) is 0 Å². The van der Waals surface area contributed by atoms with Gasteiger partial charge in [0.05, 0.1) is 20.7 Å². The summed E-state index contributed by atoms with van der Waals surface area (Å²) in [6.07, 6.45) is 0.693. The van der Waals surface area contributed by atoms with Crippen LogP contribution in [-0.2, 0) is 20.2 Å². The van der Waals surface area contributed by atoms with Gasteiger partial charge in [0.2, 0.25) is 5.16 Å². The predicted octanol–water partition coefficient (Wildman–Crippen LogP) is -6.01. The predicted molar refractivity (Wildman–Crippen MR) is 81.6 cm³/mol. The van der Waals surface area contributed by atoms with Crippen LogP contribution >= 0.6 is 11.8 Å². The molecule has 132 valence electrons. The quantitative estimate of drug-likeness (QED) is 0.168. The zero-order valence-corrected chi connectivity index (χ0v) is 20.6. The molecule has 1 heterocycles. The van der Waals surface area contributed by atoms with Crippen molar-refractivity contribution in [2.75, 3.05) is 11.5 Å². The van der Waals surface area contributed by atoms with Gasteiger partial charge >= 0.3 is 59.1 Å². The number of benzene rings is 1. The summed E-state index contributed by atoms with van der Waals surface area (Å²) in [4.78, 5) is -0.396. The van der Waals surface area contributed by atoms with E-state index in [9.17, 15) is 25.9 Å². The fraction of sp³-hybridized carbons (Fsp3) is 0.364. The summed E-state index contributed by atoms with van der Waals surface area (Å²) in [7, 11) is -8.81. The minimum atomic E-state index is -4.59. The van der Waals surface area contributed by atoms with Crippen molar-refractivity contribution >= 4 is 32.0 Å². The van der Waals surface area contributed by atoms with E-state index in [1.165, 1.54) is 28.6 Å². The summed E-state index contributed by atoms with van der Waals surface area (Å²) >= 11 is 1.21. The normalized spacial score (nSPS) is 11.5. The number of hydrogen-bond donors (Lipinski definition) is 0. The smallest absolute Gasteiger partial charge is 0.748 e. The van der Waals surface area contributed by atoms with E-state index in [0.717, 1.165) is 6.07 Å². The monoisotopic (exact) mass is 438 g/mol. The molecule has 0 radical (unpaired) electrons. The Kier molecular flexibility index (Phi) is 11.7. The second-order valence-corrected chi connectivity index (χ2v) is 8.61. The minimum absolute atomic E-state index is 0. The van der Waals surface area contributed by atoms with Crippen molar-refractivity contribution in [2.45, 2.75) is 22.9 Å². The molecule has 0 amide bonds. The first-order valence-electron chi connectivity index (χ1n) is 6.58. The Morgan fingerprint density at radius 2 is 1.77 bits per heavy atom. The maximum Gasteiger partial charge on any atom is 1.00 e. The van der Waals surface area contributed by atoms with Crippen molar-refractivity contribution in [2.24, 2.45) is 0 Å². The summed E-state index contributed by atoms with van der Waals surface area (Å²) in [5.41, 5.74) is 0.307. The Hall–Kier alpha value is 0.460. The maximum absolute atomic E-state index is 11.1. The molecule has 0 saturated heterocycles. The topological polar surface area (TPSA) is 158 Å². The molecule has 15 heteroatoms. The first-order chi connectivity index (χ1) is 11.2. The number of tetrazole rings is 1. The van der Waals surface area contributed by atoms with Crippen molar-refractivity contribution in [1.82, 2.24) is 20.2 Å². The third kappa shape index (κ3) is 8.65. The molecule has 0 saturated carbocycles. The summed E-state index contributed by atoms with van der Waals surface area (Å²) in [5, 5.41) is 11.4. The molecule has 2 aromatic rings. The molecule has 0 aliphatic carbocycles. The van der Waals surface area contributed by atoms with Crippen LogP contribution in [0.3, 0.4) is 0 Å². The number of hydrogen-bond acceptors (Lipinski definition) is 10. The zero-order valence-electron chi connectivity index (χ0n) is 14.1. The number of unbranched alkanes of at least 4 members (excludes halogenated alkanes) is 1. The van der Waals surface area contributed by atoms with Gasteiger partial charge in [0.1, 0.15) is 10.1 Å². The van der Waals surface area contributed by atoms with E-state index >= 15 is 0 Å². The van der Waals surface area contributed by atoms with Crippen molar-refractivity contribution < 1.29 is 85.1 Å². The van der Waals surface area contributed by atoms with E-state index in [2.05, 4.69) is 15.5 Å². The van der Waals surface area contributed by atoms with Crippen LogP contribution in [0.5, 0.6) is 0 Å². The van der Waals surface area contributed by atoms with E-state index in [4.69, 9.17) is 0 Å². The number of rotatable bonds is 8. The average molecular weight is 438 g/mol. The Labute approximate surface area is 199 Å². The maximum atomic E-state index is 11.1. The third-order valence-electron chi connectivity index (χ3n) is 2.81. The van der Waals surface area contributed by atoms with Gasteiger partial charge in [-0.15, -0.1) is 5.10 Å². The molecule has 0 aliphatic heterocycles. The van der Waals surface area contributed by atoms with Crippen LogP contribution in [0, 0.1) is 0 Å². The van der Waals surface area contributed by atoms with Crippen molar-refractivity contribution in [1.29, 1.82) is 0 Å². The van der Waals surface area contributed by atoms with E-state index in [-0.39, 0.29) is 65.5 Å². The molecule has 0 bridgehead atoms. The van der Waals surface area contributed by atoms with Crippen LogP contribution < -0.4 is 59.1 Å². The fourth-order valence-electron chi connectivity index (χ4n) is 1.75. The molecule has 0 atom stereocenters. The Morgan fingerprint density at radius 3 is 2.38 bits per heavy atom. The number of thioether (sulfide) groups is 1. The summed E-state index contributed by atoms with van der Waals surface area (Å²) < 4.78 is 66.0. The standard InChI is InChI=1S/C11H14N4O6S3.2Na/c16-23(17,18)7-2-1-6-22-11-12-13-14-15(11)9-4-3-5-10(8-9)24(19,20)21;;/h3-5,8H,1-2,6-7H2,(H,16,17,18)(H,19,20,21);;/q;2*+1/p-2.